The van der Waals surface area contributed by atoms with Gasteiger partial charge in [0, 0.05) is 28.6 Å². The van der Waals surface area contributed by atoms with Crippen LogP contribution in [0.25, 0.3) is 0 Å². The Bertz CT molecular complexity index is 108. The number of hydrogen-bond acceptors (Lipinski definition) is 2. The van der Waals surface area contributed by atoms with E-state index in [1.807, 2.05) is 0 Å². The summed E-state index contributed by atoms with van der Waals surface area (Å²) in [7, 11) is -0.515. The molecule has 0 aliphatic rings. The zero-order chi connectivity index (χ0) is 12.8. The first-order valence-corrected chi connectivity index (χ1v) is 13.2. The molecular weight excluding hydrogens is 256 g/mol. The highest BCUT2D eigenvalue weighted by atomic mass is 28.3. The van der Waals surface area contributed by atoms with Crippen LogP contribution in [0, 0.1) is 0 Å². The maximum Gasteiger partial charge on any atom is 0.0305 e. The molecule has 0 atom stereocenters. The second kappa shape index (κ2) is 18.9. The van der Waals surface area contributed by atoms with E-state index in [9.17, 15) is 0 Å². The average molecular weight is 291 g/mol. The van der Waals surface area contributed by atoms with Crippen LogP contribution in [0.2, 0.25) is 38.3 Å². The summed E-state index contributed by atoms with van der Waals surface area (Å²) >= 11 is 0. The predicted molar refractivity (Wildman–Crippen MR) is 89.7 cm³/mol. The monoisotopic (exact) mass is 290 g/mol. The molecule has 0 rings (SSSR count). The Morgan fingerprint density at radius 3 is 1.12 bits per heavy atom. The van der Waals surface area contributed by atoms with Crippen LogP contribution in [0.4, 0.5) is 0 Å². The highest BCUT2D eigenvalue weighted by Gasteiger charge is 1.93. The smallest absolute Gasteiger partial charge is 0.0305 e. The molecule has 17 heavy (non-hydrogen) atoms. The van der Waals surface area contributed by atoms with Gasteiger partial charge in [0.1, 0.15) is 0 Å². The van der Waals surface area contributed by atoms with E-state index in [2.05, 4.69) is 26.2 Å². The van der Waals surface area contributed by atoms with Crippen molar-refractivity contribution in [3.63, 3.8) is 0 Å². The molecule has 0 fully saturated rings. The molecule has 0 aromatic heterocycles. The van der Waals surface area contributed by atoms with Crippen molar-refractivity contribution in [3.05, 3.63) is 0 Å². The Morgan fingerprint density at radius 1 is 0.647 bits per heavy atom. The van der Waals surface area contributed by atoms with Crippen molar-refractivity contribution in [1.29, 1.82) is 0 Å². The van der Waals surface area contributed by atoms with Gasteiger partial charge in [0.2, 0.25) is 0 Å². The van der Waals surface area contributed by atoms with Crippen LogP contribution in [0.1, 0.15) is 25.7 Å². The van der Waals surface area contributed by atoms with E-state index < -0.39 is 0 Å². The molecule has 0 aromatic carbocycles. The normalized spacial score (nSPS) is 9.88. The molecule has 2 nitrogen and oxygen atoms in total. The first kappa shape index (κ1) is 22.7. The summed E-state index contributed by atoms with van der Waals surface area (Å²) in [6.45, 7) is 11.3. The lowest BCUT2D eigenvalue weighted by atomic mass is 10.3. The van der Waals surface area contributed by atoms with Crippen LogP contribution >= 0.6 is 0 Å². The highest BCUT2D eigenvalue weighted by molar-refractivity contribution is 6.55. The van der Waals surface area contributed by atoms with E-state index in [1.54, 1.807) is 0 Å². The topological polar surface area (TPSA) is 52.0 Å². The van der Waals surface area contributed by atoms with Gasteiger partial charge in [-0.05, 0) is 25.9 Å². The second-order valence-corrected chi connectivity index (χ2v) is 12.1. The van der Waals surface area contributed by atoms with Crippen molar-refractivity contribution in [2.24, 2.45) is 11.5 Å². The molecule has 0 amide bonds. The van der Waals surface area contributed by atoms with E-state index in [-0.39, 0.29) is 28.6 Å². The zero-order valence-electron chi connectivity index (χ0n) is 12.5. The summed E-state index contributed by atoms with van der Waals surface area (Å²) in [4.78, 5) is 0. The summed E-state index contributed by atoms with van der Waals surface area (Å²) in [6.07, 6.45) is 5.18. The molecule has 0 heterocycles. The number of hydrogen-bond donors (Lipinski definition) is 2. The van der Waals surface area contributed by atoms with Crippen LogP contribution < -0.4 is 11.5 Å². The van der Waals surface area contributed by atoms with Crippen molar-refractivity contribution < 1.29 is 0 Å². The minimum absolute atomic E-state index is 0. The molecule has 0 aromatic rings. The lowest BCUT2D eigenvalue weighted by Crippen LogP contribution is -2.02. The van der Waals surface area contributed by atoms with Gasteiger partial charge in [-0.25, -0.2) is 0 Å². The Hall–Kier alpha value is 0.571. The van der Waals surface area contributed by atoms with E-state index >= 15 is 0 Å². The Kier molecular flexibility index (Phi) is 25.3. The van der Waals surface area contributed by atoms with Crippen molar-refractivity contribution in [2.75, 3.05) is 13.1 Å². The third-order valence-electron chi connectivity index (χ3n) is 2.47. The Labute approximate surface area is 117 Å². The molecule has 0 spiro atoms. The van der Waals surface area contributed by atoms with Gasteiger partial charge in [0.25, 0.3) is 0 Å². The largest absolute Gasteiger partial charge is 0.330 e. The minimum Gasteiger partial charge on any atom is -0.330 e. The Morgan fingerprint density at radius 2 is 0.941 bits per heavy atom. The fraction of sp³-hybridized carbons (Fsp3) is 1.00. The lowest BCUT2D eigenvalue weighted by Gasteiger charge is -1.99. The predicted octanol–water partition coefficient (Wildman–Crippen LogP) is 2.04. The Balaban J connectivity index is -0.000000218. The number of rotatable bonds is 8. The molecule has 104 valence electrons. The van der Waals surface area contributed by atoms with Crippen molar-refractivity contribution >= 4 is 28.6 Å². The average Bonchev–Trinajstić information content (AvgIpc) is 2.18. The maximum absolute atomic E-state index is 5.33. The summed E-state index contributed by atoms with van der Waals surface area (Å²) in [5, 5.41) is 0. The van der Waals surface area contributed by atoms with Gasteiger partial charge in [-0.15, -0.1) is 0 Å². The van der Waals surface area contributed by atoms with Gasteiger partial charge in [0.15, 0.2) is 0 Å². The molecule has 4 N–H and O–H groups in total. The van der Waals surface area contributed by atoms with Gasteiger partial charge in [-0.3, -0.25) is 0 Å². The zero-order valence-corrected chi connectivity index (χ0v) is 15.8. The van der Waals surface area contributed by atoms with Crippen LogP contribution in [0.5, 0.6) is 0 Å². The molecule has 4 radical (unpaired) electrons. The quantitative estimate of drug-likeness (QED) is 0.531. The van der Waals surface area contributed by atoms with Crippen LogP contribution in [0.3, 0.4) is 0 Å². The van der Waals surface area contributed by atoms with Crippen molar-refractivity contribution in [3.8, 4) is 0 Å². The van der Waals surface area contributed by atoms with E-state index in [0.29, 0.717) is 0 Å². The van der Waals surface area contributed by atoms with Gasteiger partial charge >= 0.3 is 0 Å². The molecule has 0 aliphatic carbocycles. The van der Waals surface area contributed by atoms with Gasteiger partial charge in [-0.1, -0.05) is 51.1 Å². The molecule has 0 saturated carbocycles. The van der Waals surface area contributed by atoms with Crippen LogP contribution in [-0.4, -0.2) is 41.6 Å². The third kappa shape index (κ3) is 31.5. The summed E-state index contributed by atoms with van der Waals surface area (Å²) in [6, 6.07) is 2.94. The lowest BCUT2D eigenvalue weighted by molar-refractivity contribution is 0.800. The first-order chi connectivity index (χ1) is 7.54. The van der Waals surface area contributed by atoms with Crippen molar-refractivity contribution in [2.45, 2.75) is 64.0 Å². The summed E-state index contributed by atoms with van der Waals surface area (Å²) in [5.41, 5.74) is 10.7. The fourth-order valence-electron chi connectivity index (χ4n) is 1.39. The number of nitrogens with two attached hydrogens (primary N) is 2. The first-order valence-electron chi connectivity index (χ1n) is 6.94. The van der Waals surface area contributed by atoms with Gasteiger partial charge < -0.3 is 11.5 Å². The summed E-state index contributed by atoms with van der Waals surface area (Å²) in [5.74, 6) is 0. The van der Waals surface area contributed by atoms with Gasteiger partial charge in [0.05, 0.1) is 0 Å². The minimum atomic E-state index is -0.258. The molecular formula is C12H34N2Si3. The SMILES string of the molecule is C[SiH](C)CCCCN.C[SiH](C)CCCCN.[Si]. The summed E-state index contributed by atoms with van der Waals surface area (Å²) < 4.78 is 0. The number of unbranched alkanes of at least 4 members (excludes halogenated alkanes) is 2. The molecule has 5 heteroatoms. The van der Waals surface area contributed by atoms with E-state index in [0.717, 1.165) is 13.1 Å². The van der Waals surface area contributed by atoms with Crippen LogP contribution in [0.15, 0.2) is 0 Å². The standard InChI is InChI=1S/2C6H17NSi.Si/c2*1-8(2)6-4-3-5-7;/h2*8H,3-7H2,1-2H3;. The second-order valence-electron chi connectivity index (χ2n) is 5.36. The maximum atomic E-state index is 5.33. The van der Waals surface area contributed by atoms with E-state index in [4.69, 9.17) is 11.5 Å². The molecule has 0 bridgehead atoms. The highest BCUT2D eigenvalue weighted by Crippen LogP contribution is 1.99. The fourth-order valence-corrected chi connectivity index (χ4v) is 3.60. The van der Waals surface area contributed by atoms with Gasteiger partial charge in [-0.2, -0.15) is 0 Å². The van der Waals surface area contributed by atoms with Crippen molar-refractivity contribution in [1.82, 2.24) is 0 Å². The van der Waals surface area contributed by atoms with E-state index in [1.165, 1.54) is 37.8 Å². The molecule has 0 unspecified atom stereocenters. The van der Waals surface area contributed by atoms with Crippen LogP contribution in [-0.2, 0) is 0 Å². The third-order valence-corrected chi connectivity index (χ3v) is 5.60. The molecule has 0 aliphatic heterocycles. The molecule has 0 saturated heterocycles.